The van der Waals surface area contributed by atoms with Gasteiger partial charge in [0.1, 0.15) is 0 Å². The Balaban J connectivity index is 1.87. The summed E-state index contributed by atoms with van der Waals surface area (Å²) in [4.78, 5) is 16.2. The van der Waals surface area contributed by atoms with E-state index in [4.69, 9.17) is 5.21 Å². The Hall–Kier alpha value is -2.11. The maximum Gasteiger partial charge on any atom is 0.246 e. The van der Waals surface area contributed by atoms with Crippen molar-refractivity contribution in [3.8, 4) is 0 Å². The Kier molecular flexibility index (Phi) is 6.18. The molecule has 1 amide bonds. The number of piperazine rings is 1. The van der Waals surface area contributed by atoms with Crippen LogP contribution in [0.3, 0.4) is 0 Å². The molecule has 1 aromatic carbocycles. The van der Waals surface area contributed by atoms with Crippen LogP contribution in [0.1, 0.15) is 11.1 Å². The Morgan fingerprint density at radius 1 is 1.23 bits per heavy atom. The minimum absolute atomic E-state index is 0.0779. The molecule has 5 nitrogen and oxygen atoms in total. The highest BCUT2D eigenvalue weighted by atomic mass is 16.5. The van der Waals surface area contributed by atoms with Crippen molar-refractivity contribution in [1.29, 1.82) is 0 Å². The Bertz CT molecular complexity index is 529. The number of nitrogens with one attached hydrogen (secondary N) is 1. The molecule has 1 saturated heterocycles. The van der Waals surface area contributed by atoms with Crippen molar-refractivity contribution >= 4 is 12.0 Å². The molecule has 0 aliphatic carbocycles. The standard InChI is InChI=1S/C17H23N3O2/c1-19-11-13-20(14-12-19)17(21)9-8-16-6-4-15(5-7-16)3-2-10-18-22/h2,4-10,18,22H,3,11-14H2,1H3/b9-8+,10-2+. The lowest BCUT2D eigenvalue weighted by atomic mass is 10.1. The smallest absolute Gasteiger partial charge is 0.246 e. The topological polar surface area (TPSA) is 55.8 Å². The Morgan fingerprint density at radius 3 is 2.55 bits per heavy atom. The van der Waals surface area contributed by atoms with Gasteiger partial charge in [0, 0.05) is 38.5 Å². The summed E-state index contributed by atoms with van der Waals surface area (Å²) in [5.41, 5.74) is 4.14. The molecule has 1 heterocycles. The average Bonchev–Trinajstić information content (AvgIpc) is 2.55. The number of carbonyl (C=O) groups excluding carboxylic acids is 1. The van der Waals surface area contributed by atoms with Crippen LogP contribution < -0.4 is 5.48 Å². The molecular weight excluding hydrogens is 278 g/mol. The molecule has 1 aromatic rings. The number of rotatable bonds is 5. The summed E-state index contributed by atoms with van der Waals surface area (Å²) in [5, 5.41) is 8.45. The average molecular weight is 301 g/mol. The molecule has 0 unspecified atom stereocenters. The normalized spacial score (nSPS) is 16.5. The van der Waals surface area contributed by atoms with Gasteiger partial charge in [-0.25, -0.2) is 0 Å². The highest BCUT2D eigenvalue weighted by Gasteiger charge is 2.16. The summed E-state index contributed by atoms with van der Waals surface area (Å²) < 4.78 is 0. The summed E-state index contributed by atoms with van der Waals surface area (Å²) in [6.07, 6.45) is 7.58. The minimum atomic E-state index is 0.0779. The molecule has 1 aliphatic rings. The monoisotopic (exact) mass is 301 g/mol. The zero-order valence-electron chi connectivity index (χ0n) is 12.9. The van der Waals surface area contributed by atoms with Crippen molar-refractivity contribution in [1.82, 2.24) is 15.3 Å². The minimum Gasteiger partial charge on any atom is -0.337 e. The van der Waals surface area contributed by atoms with Gasteiger partial charge in [-0.3, -0.25) is 15.5 Å². The zero-order chi connectivity index (χ0) is 15.8. The second kappa shape index (κ2) is 8.36. The van der Waals surface area contributed by atoms with Gasteiger partial charge in [0.2, 0.25) is 5.91 Å². The number of nitrogens with zero attached hydrogens (tertiary/aromatic N) is 2. The highest BCUT2D eigenvalue weighted by molar-refractivity contribution is 5.91. The van der Waals surface area contributed by atoms with E-state index >= 15 is 0 Å². The van der Waals surface area contributed by atoms with E-state index in [9.17, 15) is 4.79 Å². The van der Waals surface area contributed by atoms with Gasteiger partial charge in [-0.1, -0.05) is 30.3 Å². The van der Waals surface area contributed by atoms with Crippen LogP contribution in [0.15, 0.2) is 42.6 Å². The van der Waals surface area contributed by atoms with Crippen LogP contribution in [-0.2, 0) is 11.2 Å². The van der Waals surface area contributed by atoms with Crippen molar-refractivity contribution < 1.29 is 10.0 Å². The molecule has 2 N–H and O–H groups in total. The number of hydrogen-bond donors (Lipinski definition) is 2. The number of hydrogen-bond acceptors (Lipinski definition) is 4. The predicted molar refractivity (Wildman–Crippen MR) is 87.3 cm³/mol. The molecule has 0 radical (unpaired) electrons. The van der Waals surface area contributed by atoms with Crippen LogP contribution >= 0.6 is 0 Å². The van der Waals surface area contributed by atoms with Crippen LogP contribution in [-0.4, -0.2) is 54.1 Å². The summed E-state index contributed by atoms with van der Waals surface area (Å²) in [6.45, 7) is 3.46. The van der Waals surface area contributed by atoms with Crippen LogP contribution in [0.2, 0.25) is 0 Å². The number of hydroxylamine groups is 1. The molecule has 22 heavy (non-hydrogen) atoms. The first-order chi connectivity index (χ1) is 10.7. The van der Waals surface area contributed by atoms with Crippen LogP contribution in [0.25, 0.3) is 6.08 Å². The summed E-state index contributed by atoms with van der Waals surface area (Å²) >= 11 is 0. The lowest BCUT2D eigenvalue weighted by Crippen LogP contribution is -2.46. The third-order valence-corrected chi connectivity index (χ3v) is 3.76. The first-order valence-electron chi connectivity index (χ1n) is 7.48. The Labute approximate surface area is 131 Å². The first kappa shape index (κ1) is 16.3. The van der Waals surface area contributed by atoms with E-state index < -0.39 is 0 Å². The summed E-state index contributed by atoms with van der Waals surface area (Å²) in [5.74, 6) is 0.0779. The van der Waals surface area contributed by atoms with Crippen molar-refractivity contribution in [2.75, 3.05) is 33.2 Å². The van der Waals surface area contributed by atoms with E-state index in [1.54, 1.807) is 6.08 Å². The molecule has 1 aliphatic heterocycles. The number of allylic oxidation sites excluding steroid dienone is 1. The molecule has 0 saturated carbocycles. The fourth-order valence-corrected chi connectivity index (χ4v) is 2.31. The van der Waals surface area contributed by atoms with Gasteiger partial charge in [0.05, 0.1) is 0 Å². The molecule has 2 rings (SSSR count). The van der Waals surface area contributed by atoms with Crippen molar-refractivity contribution in [3.05, 3.63) is 53.7 Å². The van der Waals surface area contributed by atoms with E-state index in [0.29, 0.717) is 0 Å². The van der Waals surface area contributed by atoms with Crippen LogP contribution in [0, 0.1) is 0 Å². The SMILES string of the molecule is CN1CCN(C(=O)/C=C/c2ccc(C/C=C/NO)cc2)CC1. The molecule has 0 atom stereocenters. The van der Waals surface area contributed by atoms with Crippen molar-refractivity contribution in [2.24, 2.45) is 0 Å². The van der Waals surface area contributed by atoms with Gasteiger partial charge in [0.25, 0.3) is 0 Å². The fraction of sp³-hybridized carbons (Fsp3) is 0.353. The lowest BCUT2D eigenvalue weighted by Gasteiger charge is -2.31. The molecule has 1 fully saturated rings. The largest absolute Gasteiger partial charge is 0.337 e. The predicted octanol–water partition coefficient (Wildman–Crippen LogP) is 1.51. The van der Waals surface area contributed by atoms with E-state index in [-0.39, 0.29) is 5.91 Å². The maximum atomic E-state index is 12.1. The van der Waals surface area contributed by atoms with Gasteiger partial charge in [0.15, 0.2) is 0 Å². The molecule has 0 bridgehead atoms. The van der Waals surface area contributed by atoms with Crippen molar-refractivity contribution in [3.63, 3.8) is 0 Å². The first-order valence-corrected chi connectivity index (χ1v) is 7.48. The zero-order valence-corrected chi connectivity index (χ0v) is 12.9. The second-order valence-corrected chi connectivity index (χ2v) is 5.44. The third-order valence-electron chi connectivity index (χ3n) is 3.76. The highest BCUT2D eigenvalue weighted by Crippen LogP contribution is 2.08. The summed E-state index contributed by atoms with van der Waals surface area (Å²) in [7, 11) is 2.07. The summed E-state index contributed by atoms with van der Waals surface area (Å²) in [6, 6.07) is 8.01. The van der Waals surface area contributed by atoms with Gasteiger partial charge < -0.3 is 9.80 Å². The van der Waals surface area contributed by atoms with Crippen molar-refractivity contribution in [2.45, 2.75) is 6.42 Å². The van der Waals surface area contributed by atoms with E-state index in [2.05, 4.69) is 11.9 Å². The maximum absolute atomic E-state index is 12.1. The fourth-order valence-electron chi connectivity index (χ4n) is 2.31. The number of amides is 1. The molecule has 0 aromatic heterocycles. The van der Waals surface area contributed by atoms with E-state index in [0.717, 1.165) is 43.7 Å². The van der Waals surface area contributed by atoms with E-state index in [1.165, 1.54) is 6.20 Å². The number of likely N-dealkylation sites (N-methyl/N-ethyl adjacent to an activating group) is 1. The lowest BCUT2D eigenvalue weighted by molar-refractivity contribution is -0.127. The van der Waals surface area contributed by atoms with Crippen LogP contribution in [0.5, 0.6) is 0 Å². The van der Waals surface area contributed by atoms with E-state index in [1.807, 2.05) is 46.8 Å². The number of benzene rings is 1. The quantitative estimate of drug-likeness (QED) is 0.639. The van der Waals surface area contributed by atoms with Gasteiger partial charge in [-0.15, -0.1) is 0 Å². The van der Waals surface area contributed by atoms with Gasteiger partial charge >= 0.3 is 0 Å². The molecular formula is C17H23N3O2. The molecule has 5 heteroatoms. The van der Waals surface area contributed by atoms with Gasteiger partial charge in [-0.2, -0.15) is 0 Å². The van der Waals surface area contributed by atoms with Gasteiger partial charge in [-0.05, 0) is 30.7 Å². The molecule has 118 valence electrons. The Morgan fingerprint density at radius 2 is 1.91 bits per heavy atom. The van der Waals surface area contributed by atoms with Crippen LogP contribution in [0.4, 0.5) is 0 Å². The molecule has 0 spiro atoms. The second-order valence-electron chi connectivity index (χ2n) is 5.44. The number of carbonyl (C=O) groups is 1. The third kappa shape index (κ3) is 5.02.